The number of nitrogens with zero attached hydrogens (tertiary/aromatic N) is 3. The number of likely N-dealkylation sites (N-methyl/N-ethyl adjacent to an activating group) is 1. The molecule has 23 heavy (non-hydrogen) atoms. The SMILES string of the molecule is CN(C)C(=O)CO[C@@H]1CN(C2CCOCC2)Cc2cccn2C1. The zero-order chi connectivity index (χ0) is 16.2. The average Bonchev–Trinajstić information content (AvgIpc) is 2.91. The Morgan fingerprint density at radius 3 is 2.87 bits per heavy atom. The highest BCUT2D eigenvalue weighted by atomic mass is 16.5. The number of rotatable bonds is 4. The minimum Gasteiger partial charge on any atom is -0.381 e. The Balaban J connectivity index is 1.68. The van der Waals surface area contributed by atoms with E-state index >= 15 is 0 Å². The lowest BCUT2D eigenvalue weighted by atomic mass is 10.1. The molecular formula is C17H27N3O3. The van der Waals surface area contributed by atoms with Gasteiger partial charge >= 0.3 is 0 Å². The van der Waals surface area contributed by atoms with Gasteiger partial charge < -0.3 is 18.9 Å². The maximum atomic E-state index is 11.8. The van der Waals surface area contributed by atoms with E-state index in [0.29, 0.717) is 6.04 Å². The summed E-state index contributed by atoms with van der Waals surface area (Å²) in [7, 11) is 3.52. The Kier molecular flexibility index (Phi) is 5.35. The van der Waals surface area contributed by atoms with Gasteiger partial charge in [-0.1, -0.05) is 0 Å². The second-order valence-electron chi connectivity index (χ2n) is 6.65. The summed E-state index contributed by atoms with van der Waals surface area (Å²) in [5, 5.41) is 0. The lowest BCUT2D eigenvalue weighted by molar-refractivity contribution is -0.136. The molecule has 2 aliphatic heterocycles. The quantitative estimate of drug-likeness (QED) is 0.829. The van der Waals surface area contributed by atoms with Crippen LogP contribution < -0.4 is 0 Å². The average molecular weight is 321 g/mol. The smallest absolute Gasteiger partial charge is 0.248 e. The molecule has 6 heteroatoms. The number of carbonyl (C=O) groups excluding carboxylic acids is 1. The molecule has 1 amide bonds. The highest BCUT2D eigenvalue weighted by Gasteiger charge is 2.28. The number of ether oxygens (including phenoxy) is 2. The molecule has 0 aliphatic carbocycles. The molecule has 0 N–H and O–H groups in total. The summed E-state index contributed by atoms with van der Waals surface area (Å²) in [4.78, 5) is 15.9. The molecule has 0 unspecified atom stereocenters. The van der Waals surface area contributed by atoms with Crippen molar-refractivity contribution in [2.45, 2.75) is 38.1 Å². The summed E-state index contributed by atoms with van der Waals surface area (Å²) in [6.07, 6.45) is 4.29. The molecule has 3 heterocycles. The van der Waals surface area contributed by atoms with Crippen molar-refractivity contribution in [2.24, 2.45) is 0 Å². The largest absolute Gasteiger partial charge is 0.381 e. The number of carbonyl (C=O) groups is 1. The Morgan fingerprint density at radius 1 is 1.35 bits per heavy atom. The molecule has 128 valence electrons. The van der Waals surface area contributed by atoms with Gasteiger partial charge in [-0.15, -0.1) is 0 Å². The van der Waals surface area contributed by atoms with Crippen molar-refractivity contribution in [1.29, 1.82) is 0 Å². The van der Waals surface area contributed by atoms with E-state index in [0.717, 1.165) is 45.7 Å². The summed E-state index contributed by atoms with van der Waals surface area (Å²) in [6, 6.07) is 4.81. The molecule has 1 saturated heterocycles. The van der Waals surface area contributed by atoms with Gasteiger partial charge in [0, 0.05) is 64.9 Å². The van der Waals surface area contributed by atoms with Crippen LogP contribution in [0.25, 0.3) is 0 Å². The van der Waals surface area contributed by atoms with Crippen molar-refractivity contribution in [3.63, 3.8) is 0 Å². The first-order valence-corrected chi connectivity index (χ1v) is 8.41. The molecule has 1 fully saturated rings. The van der Waals surface area contributed by atoms with Crippen LogP contribution in [-0.4, -0.2) is 72.9 Å². The molecule has 2 aliphatic rings. The monoisotopic (exact) mass is 321 g/mol. The van der Waals surface area contributed by atoms with Gasteiger partial charge in [0.15, 0.2) is 0 Å². The van der Waals surface area contributed by atoms with Crippen molar-refractivity contribution in [3.8, 4) is 0 Å². The zero-order valence-corrected chi connectivity index (χ0v) is 14.1. The maximum Gasteiger partial charge on any atom is 0.248 e. The topological polar surface area (TPSA) is 46.9 Å². The van der Waals surface area contributed by atoms with E-state index in [2.05, 4.69) is 27.8 Å². The molecule has 6 nitrogen and oxygen atoms in total. The van der Waals surface area contributed by atoms with Gasteiger partial charge in [-0.25, -0.2) is 0 Å². The third-order valence-corrected chi connectivity index (χ3v) is 4.78. The van der Waals surface area contributed by atoms with Crippen LogP contribution in [0.1, 0.15) is 18.5 Å². The standard InChI is InChI=1S/C17H27N3O3/c1-18(2)17(21)13-23-16-11-19-7-3-4-15(19)10-20(12-16)14-5-8-22-9-6-14/h3-4,7,14,16H,5-6,8-13H2,1-2H3/t16-/m0/s1. The zero-order valence-electron chi connectivity index (χ0n) is 14.1. The number of aromatic nitrogens is 1. The molecule has 0 saturated carbocycles. The fraction of sp³-hybridized carbons (Fsp3) is 0.706. The second-order valence-corrected chi connectivity index (χ2v) is 6.65. The minimum absolute atomic E-state index is 0.0135. The first kappa shape index (κ1) is 16.5. The summed E-state index contributed by atoms with van der Waals surface area (Å²) >= 11 is 0. The summed E-state index contributed by atoms with van der Waals surface area (Å²) < 4.78 is 13.7. The predicted molar refractivity (Wildman–Crippen MR) is 87.1 cm³/mol. The van der Waals surface area contributed by atoms with E-state index < -0.39 is 0 Å². The summed E-state index contributed by atoms with van der Waals surface area (Å²) in [6.45, 7) is 4.45. The van der Waals surface area contributed by atoms with E-state index in [-0.39, 0.29) is 18.6 Å². The van der Waals surface area contributed by atoms with Crippen molar-refractivity contribution in [1.82, 2.24) is 14.4 Å². The van der Waals surface area contributed by atoms with Gasteiger partial charge in [0.1, 0.15) is 6.61 Å². The predicted octanol–water partition coefficient (Wildman–Crippen LogP) is 0.956. The van der Waals surface area contributed by atoms with Crippen molar-refractivity contribution < 1.29 is 14.3 Å². The third-order valence-electron chi connectivity index (χ3n) is 4.78. The minimum atomic E-state index is 0.0135. The van der Waals surface area contributed by atoms with Gasteiger partial charge in [-0.2, -0.15) is 0 Å². The van der Waals surface area contributed by atoms with Crippen molar-refractivity contribution in [3.05, 3.63) is 24.0 Å². The number of fused-ring (bicyclic) bond motifs is 1. The number of hydrogen-bond acceptors (Lipinski definition) is 4. The van der Waals surface area contributed by atoms with Crippen LogP contribution in [0.3, 0.4) is 0 Å². The Morgan fingerprint density at radius 2 is 2.13 bits per heavy atom. The van der Waals surface area contributed by atoms with Gasteiger partial charge in [-0.05, 0) is 25.0 Å². The van der Waals surface area contributed by atoms with Crippen LogP contribution in [0.15, 0.2) is 18.3 Å². The number of amides is 1. The van der Waals surface area contributed by atoms with Gasteiger partial charge in [0.2, 0.25) is 5.91 Å². The summed E-state index contributed by atoms with van der Waals surface area (Å²) in [5.74, 6) is 0.0135. The van der Waals surface area contributed by atoms with Crippen molar-refractivity contribution in [2.75, 3.05) is 40.5 Å². The second kappa shape index (κ2) is 7.47. The highest BCUT2D eigenvalue weighted by Crippen LogP contribution is 2.22. The summed E-state index contributed by atoms with van der Waals surface area (Å²) in [5.41, 5.74) is 1.32. The van der Waals surface area contributed by atoms with Gasteiger partial charge in [0.05, 0.1) is 6.10 Å². The Bertz CT molecular complexity index is 523. The molecule has 1 aromatic heterocycles. The molecule has 1 aromatic rings. The fourth-order valence-electron chi connectivity index (χ4n) is 3.33. The normalized spacial score (nSPS) is 23.3. The molecule has 1 atom stereocenters. The lowest BCUT2D eigenvalue weighted by Crippen LogP contribution is -2.43. The van der Waals surface area contributed by atoms with E-state index in [9.17, 15) is 4.79 Å². The Labute approximate surface area is 137 Å². The fourth-order valence-corrected chi connectivity index (χ4v) is 3.33. The maximum absolute atomic E-state index is 11.8. The van der Waals surface area contributed by atoms with Crippen LogP contribution in [-0.2, 0) is 27.4 Å². The molecule has 3 rings (SSSR count). The molecular weight excluding hydrogens is 294 g/mol. The third kappa shape index (κ3) is 4.13. The van der Waals surface area contributed by atoms with E-state index in [1.807, 2.05) is 0 Å². The van der Waals surface area contributed by atoms with Crippen LogP contribution >= 0.6 is 0 Å². The molecule has 0 radical (unpaired) electrons. The van der Waals surface area contributed by atoms with E-state index in [1.165, 1.54) is 5.69 Å². The van der Waals surface area contributed by atoms with E-state index in [4.69, 9.17) is 9.47 Å². The lowest BCUT2D eigenvalue weighted by Gasteiger charge is -2.34. The van der Waals surface area contributed by atoms with E-state index in [1.54, 1.807) is 19.0 Å². The van der Waals surface area contributed by atoms with Crippen molar-refractivity contribution >= 4 is 5.91 Å². The van der Waals surface area contributed by atoms with Crippen LogP contribution in [0.4, 0.5) is 0 Å². The van der Waals surface area contributed by atoms with Crippen LogP contribution in [0.5, 0.6) is 0 Å². The Hall–Kier alpha value is -1.37. The molecule has 0 aromatic carbocycles. The molecule has 0 bridgehead atoms. The van der Waals surface area contributed by atoms with Crippen LogP contribution in [0.2, 0.25) is 0 Å². The van der Waals surface area contributed by atoms with Gasteiger partial charge in [0.25, 0.3) is 0 Å². The number of hydrogen-bond donors (Lipinski definition) is 0. The van der Waals surface area contributed by atoms with Gasteiger partial charge in [-0.3, -0.25) is 9.69 Å². The first-order valence-electron chi connectivity index (χ1n) is 8.41. The first-order chi connectivity index (χ1) is 11.1. The highest BCUT2D eigenvalue weighted by molar-refractivity contribution is 5.76. The molecule has 0 spiro atoms. The van der Waals surface area contributed by atoms with Crippen LogP contribution in [0, 0.1) is 0 Å².